The largest absolute Gasteiger partial charge is 0.508 e. The second-order valence-electron chi connectivity index (χ2n) is 11.6. The number of carbonyl (C=O) groups is 1. The lowest BCUT2D eigenvalue weighted by atomic mass is 9.69. The zero-order valence-corrected chi connectivity index (χ0v) is 25.4. The third kappa shape index (κ3) is 6.80. The summed E-state index contributed by atoms with van der Waals surface area (Å²) in [6.45, 7) is 12.0. The third-order valence-corrected chi connectivity index (χ3v) is 7.80. The van der Waals surface area contributed by atoms with E-state index in [0.29, 0.717) is 50.3 Å². The van der Waals surface area contributed by atoms with Crippen LogP contribution in [0.1, 0.15) is 75.1 Å². The van der Waals surface area contributed by atoms with Crippen LogP contribution in [0.3, 0.4) is 0 Å². The van der Waals surface area contributed by atoms with Gasteiger partial charge in [-0.3, -0.25) is 0 Å². The zero-order valence-electron chi connectivity index (χ0n) is 25.4. The predicted molar refractivity (Wildman–Crippen MR) is 162 cm³/mol. The Balaban J connectivity index is 0.00000198. The van der Waals surface area contributed by atoms with Crippen LogP contribution in [0.15, 0.2) is 54.6 Å². The molecule has 0 saturated carbocycles. The van der Waals surface area contributed by atoms with Crippen LogP contribution < -0.4 is 9.64 Å². The van der Waals surface area contributed by atoms with Crippen molar-refractivity contribution in [2.24, 2.45) is 0 Å². The van der Waals surface area contributed by atoms with Crippen molar-refractivity contribution >= 4 is 11.8 Å². The number of hydrogen-bond donors (Lipinski definition) is 1. The maximum atomic E-state index is 15.1. The summed E-state index contributed by atoms with van der Waals surface area (Å²) < 4.78 is 40.3. The molecule has 1 saturated heterocycles. The van der Waals surface area contributed by atoms with Gasteiger partial charge in [0.1, 0.15) is 28.7 Å². The topological polar surface area (TPSA) is 62.2 Å². The van der Waals surface area contributed by atoms with Crippen LogP contribution in [0.25, 0.3) is 0 Å². The van der Waals surface area contributed by atoms with Gasteiger partial charge < -0.3 is 24.4 Å². The Morgan fingerprint density at radius 1 is 0.905 bits per heavy atom. The molecule has 8 heteroatoms. The van der Waals surface area contributed by atoms with E-state index in [1.54, 1.807) is 30.2 Å². The first-order valence-corrected chi connectivity index (χ1v) is 14.7. The van der Waals surface area contributed by atoms with Gasteiger partial charge in [0.2, 0.25) is 0 Å². The van der Waals surface area contributed by atoms with E-state index < -0.39 is 17.2 Å². The third-order valence-electron chi connectivity index (χ3n) is 7.80. The van der Waals surface area contributed by atoms with Crippen LogP contribution in [0.4, 0.5) is 19.3 Å². The van der Waals surface area contributed by atoms with Gasteiger partial charge in [-0.1, -0.05) is 32.0 Å². The first-order valence-electron chi connectivity index (χ1n) is 14.7. The highest BCUT2D eigenvalue weighted by atomic mass is 19.1. The van der Waals surface area contributed by atoms with E-state index in [-0.39, 0.29) is 23.7 Å². The van der Waals surface area contributed by atoms with Crippen LogP contribution in [-0.2, 0) is 11.2 Å². The maximum absolute atomic E-state index is 15.1. The molecule has 3 aromatic carbocycles. The SMILES string of the molecule is CC.COc1cc(N2CCN(C(=O)OC(C)(C)C)CC2)ccc1C1c2ccc(O)cc2CCC1c1ccc(F)cc1F. The summed E-state index contributed by atoms with van der Waals surface area (Å²) in [6.07, 6.45) is 1.01. The van der Waals surface area contributed by atoms with Gasteiger partial charge in [0.15, 0.2) is 0 Å². The minimum absolute atomic E-state index is 0.191. The highest BCUT2D eigenvalue weighted by Gasteiger charge is 2.36. The van der Waals surface area contributed by atoms with E-state index in [4.69, 9.17) is 9.47 Å². The van der Waals surface area contributed by atoms with Crippen molar-refractivity contribution in [2.75, 3.05) is 38.2 Å². The Hall–Kier alpha value is -3.81. The van der Waals surface area contributed by atoms with E-state index in [1.165, 1.54) is 6.07 Å². The fraction of sp³-hybridized carbons (Fsp3) is 0.441. The van der Waals surface area contributed by atoms with Crippen molar-refractivity contribution in [2.45, 2.75) is 64.9 Å². The molecule has 0 spiro atoms. The molecule has 3 aromatic rings. The van der Waals surface area contributed by atoms with E-state index in [9.17, 15) is 14.3 Å². The van der Waals surface area contributed by atoms with Gasteiger partial charge in [-0.05, 0) is 80.5 Å². The molecule has 2 aliphatic rings. The zero-order chi connectivity index (χ0) is 30.6. The van der Waals surface area contributed by atoms with Crippen molar-refractivity contribution in [1.29, 1.82) is 0 Å². The average Bonchev–Trinajstić information content (AvgIpc) is 2.96. The molecule has 42 heavy (non-hydrogen) atoms. The molecular formula is C34H42F2N2O4. The number of halogens is 2. The van der Waals surface area contributed by atoms with Gasteiger partial charge in [0.05, 0.1) is 7.11 Å². The average molecular weight is 581 g/mol. The fourth-order valence-electron chi connectivity index (χ4n) is 5.96. The lowest BCUT2D eigenvalue weighted by Crippen LogP contribution is -2.50. The van der Waals surface area contributed by atoms with Crippen LogP contribution in [0, 0.1) is 11.6 Å². The molecule has 1 fully saturated rings. The number of nitrogens with zero attached hydrogens (tertiary/aromatic N) is 2. The predicted octanol–water partition coefficient (Wildman–Crippen LogP) is 7.62. The van der Waals surface area contributed by atoms with Crippen LogP contribution in [0.2, 0.25) is 0 Å². The van der Waals surface area contributed by atoms with Gasteiger partial charge in [0.25, 0.3) is 0 Å². The van der Waals surface area contributed by atoms with Crippen LogP contribution >= 0.6 is 0 Å². The second-order valence-corrected chi connectivity index (χ2v) is 11.6. The number of phenols is 1. The van der Waals surface area contributed by atoms with Gasteiger partial charge in [0, 0.05) is 55.5 Å². The molecule has 226 valence electrons. The minimum atomic E-state index is -0.604. The number of hydrogen-bond acceptors (Lipinski definition) is 5. The van der Waals surface area contributed by atoms with Crippen molar-refractivity contribution in [3.63, 3.8) is 0 Å². The van der Waals surface area contributed by atoms with Crippen molar-refractivity contribution in [3.8, 4) is 11.5 Å². The number of benzene rings is 3. The Morgan fingerprint density at radius 2 is 1.57 bits per heavy atom. The summed E-state index contributed by atoms with van der Waals surface area (Å²) in [6, 6.07) is 15.2. The van der Waals surface area contributed by atoms with Crippen LogP contribution in [-0.4, -0.2) is 55.0 Å². The summed E-state index contributed by atoms with van der Waals surface area (Å²) in [4.78, 5) is 16.4. The number of phenolic OH excluding ortho intramolecular Hbond substituents is 1. The first kappa shape index (κ1) is 31.1. The number of aryl methyl sites for hydroxylation is 1. The molecule has 1 N–H and O–H groups in total. The molecule has 2 unspecified atom stereocenters. The Bertz CT molecular complexity index is 1400. The second kappa shape index (κ2) is 13.0. The summed E-state index contributed by atoms with van der Waals surface area (Å²) in [5, 5.41) is 10.1. The lowest BCUT2D eigenvalue weighted by molar-refractivity contribution is 0.0240. The molecule has 0 bridgehead atoms. The molecule has 0 radical (unpaired) electrons. The standard InChI is InChI=1S/C32H36F2N2O4.C2H6/c1-32(2,3)40-31(38)36-15-13-35(14-16-36)22-7-11-27(29(19-22)39-4)30-24-12-8-23(37)17-20(24)5-9-26(30)25-10-6-21(33)18-28(25)34;1-2/h6-8,10-12,17-19,26,30,37H,5,9,13-16H2,1-4H3;1-2H3. The number of fused-ring (bicyclic) bond motifs is 1. The number of anilines is 1. The summed E-state index contributed by atoms with van der Waals surface area (Å²) in [5.41, 5.74) is 3.80. The van der Waals surface area contributed by atoms with Crippen LogP contribution in [0.5, 0.6) is 11.5 Å². The van der Waals surface area contributed by atoms with E-state index in [1.807, 2.05) is 58.9 Å². The number of ether oxygens (including phenoxy) is 2. The Kier molecular flexibility index (Phi) is 9.64. The molecule has 0 aromatic heterocycles. The maximum Gasteiger partial charge on any atom is 0.410 e. The lowest BCUT2D eigenvalue weighted by Gasteiger charge is -2.38. The van der Waals surface area contributed by atoms with E-state index in [0.717, 1.165) is 28.4 Å². The quantitative estimate of drug-likeness (QED) is 0.344. The smallest absolute Gasteiger partial charge is 0.410 e. The van der Waals surface area contributed by atoms with E-state index in [2.05, 4.69) is 4.90 Å². The molecule has 1 aliphatic heterocycles. The minimum Gasteiger partial charge on any atom is -0.508 e. The molecule has 1 aliphatic carbocycles. The van der Waals surface area contributed by atoms with Gasteiger partial charge >= 0.3 is 6.09 Å². The molecule has 1 amide bonds. The molecule has 5 rings (SSSR count). The summed E-state index contributed by atoms with van der Waals surface area (Å²) in [5.74, 6) is -0.794. The monoisotopic (exact) mass is 580 g/mol. The van der Waals surface area contributed by atoms with Crippen molar-refractivity contribution < 1.29 is 28.2 Å². The fourth-order valence-corrected chi connectivity index (χ4v) is 5.96. The van der Waals surface area contributed by atoms with Gasteiger partial charge in [-0.2, -0.15) is 0 Å². The van der Waals surface area contributed by atoms with E-state index >= 15 is 4.39 Å². The number of carbonyl (C=O) groups excluding carboxylic acids is 1. The number of piperazine rings is 1. The number of methoxy groups -OCH3 is 1. The first-order chi connectivity index (χ1) is 20.0. The normalized spacial score (nSPS) is 18.5. The molecule has 6 nitrogen and oxygen atoms in total. The van der Waals surface area contributed by atoms with Gasteiger partial charge in [-0.25, -0.2) is 13.6 Å². The highest BCUT2D eigenvalue weighted by molar-refractivity contribution is 5.69. The Labute approximate surface area is 247 Å². The highest BCUT2D eigenvalue weighted by Crippen LogP contribution is 2.50. The van der Waals surface area contributed by atoms with Crippen molar-refractivity contribution in [3.05, 3.63) is 88.5 Å². The van der Waals surface area contributed by atoms with Crippen molar-refractivity contribution in [1.82, 2.24) is 4.90 Å². The summed E-state index contributed by atoms with van der Waals surface area (Å²) >= 11 is 0. The number of amides is 1. The number of aromatic hydroxyl groups is 1. The summed E-state index contributed by atoms with van der Waals surface area (Å²) in [7, 11) is 1.62. The number of rotatable bonds is 4. The van der Waals surface area contributed by atoms with Gasteiger partial charge in [-0.15, -0.1) is 0 Å². The Morgan fingerprint density at radius 3 is 2.21 bits per heavy atom. The molecule has 1 heterocycles. The molecular weight excluding hydrogens is 538 g/mol. The molecule has 2 atom stereocenters.